The van der Waals surface area contributed by atoms with Gasteiger partial charge in [0, 0.05) is 13.5 Å². The first-order valence-electron chi connectivity index (χ1n) is 8.37. The van der Waals surface area contributed by atoms with Gasteiger partial charge in [0.05, 0.1) is 15.9 Å². The molecule has 8 heteroatoms. The lowest BCUT2D eigenvalue weighted by molar-refractivity contribution is -0.120. The van der Waals surface area contributed by atoms with Gasteiger partial charge in [-0.05, 0) is 30.3 Å². The number of rotatable bonds is 3. The maximum atomic E-state index is 12.5. The van der Waals surface area contributed by atoms with E-state index in [-0.39, 0.29) is 18.0 Å². The minimum absolute atomic E-state index is 0.134. The molecule has 2 N–H and O–H groups in total. The Balaban J connectivity index is 1.54. The number of thiazole rings is 1. The molecule has 0 aliphatic carbocycles. The van der Waals surface area contributed by atoms with Gasteiger partial charge in [0.2, 0.25) is 10.7 Å². The van der Waals surface area contributed by atoms with E-state index in [4.69, 9.17) is 0 Å². The Morgan fingerprint density at radius 1 is 1.15 bits per heavy atom. The molecule has 2 amide bonds. The Labute approximate surface area is 159 Å². The van der Waals surface area contributed by atoms with Gasteiger partial charge < -0.3 is 4.57 Å². The number of hydrogen-bond acceptors (Lipinski definition) is 5. The second kappa shape index (κ2) is 7.08. The lowest BCUT2D eigenvalue weighted by Crippen LogP contribution is -2.48. The van der Waals surface area contributed by atoms with Gasteiger partial charge in [-0.15, -0.1) is 5.10 Å². The molecule has 0 saturated heterocycles. The third-order valence-electron chi connectivity index (χ3n) is 4.19. The summed E-state index contributed by atoms with van der Waals surface area (Å²) in [7, 11) is 1.90. The highest BCUT2D eigenvalue weighted by molar-refractivity contribution is 7.16. The first-order chi connectivity index (χ1) is 13.1. The van der Waals surface area contributed by atoms with Crippen LogP contribution >= 0.6 is 11.3 Å². The van der Waals surface area contributed by atoms with Crippen LogP contribution in [-0.4, -0.2) is 16.4 Å². The molecule has 27 heavy (non-hydrogen) atoms. The Kier molecular flexibility index (Phi) is 4.47. The van der Waals surface area contributed by atoms with Gasteiger partial charge in [-0.3, -0.25) is 15.0 Å². The van der Waals surface area contributed by atoms with Crippen LogP contribution < -0.4 is 20.7 Å². The summed E-state index contributed by atoms with van der Waals surface area (Å²) in [4.78, 5) is 25.3. The second-order valence-corrected chi connectivity index (χ2v) is 6.97. The van der Waals surface area contributed by atoms with E-state index < -0.39 is 5.91 Å². The molecule has 0 bridgehead atoms. The van der Waals surface area contributed by atoms with Crippen molar-refractivity contribution >= 4 is 39.1 Å². The van der Waals surface area contributed by atoms with Crippen molar-refractivity contribution in [1.82, 2.24) is 15.4 Å². The molecule has 3 aromatic rings. The van der Waals surface area contributed by atoms with Crippen LogP contribution in [0.4, 0.5) is 5.69 Å². The number of aromatic nitrogens is 1. The average molecular weight is 379 g/mol. The number of para-hydroxylation sites is 2. The maximum Gasteiger partial charge on any atom is 0.289 e. The molecule has 1 aromatic heterocycles. The van der Waals surface area contributed by atoms with Crippen LogP contribution in [0.2, 0.25) is 0 Å². The zero-order valence-electron chi connectivity index (χ0n) is 14.5. The molecule has 0 radical (unpaired) electrons. The molecule has 0 unspecified atom stereocenters. The monoisotopic (exact) mass is 379 g/mol. The minimum atomic E-state index is -0.402. The van der Waals surface area contributed by atoms with Gasteiger partial charge in [-0.2, -0.15) is 0 Å². The molecule has 136 valence electrons. The maximum absolute atomic E-state index is 12.5. The highest BCUT2D eigenvalue weighted by atomic mass is 32.1. The Morgan fingerprint density at radius 2 is 1.89 bits per heavy atom. The molecule has 0 atom stereocenters. The largest absolute Gasteiger partial charge is 0.318 e. The minimum Gasteiger partial charge on any atom is -0.318 e. The molecule has 0 spiro atoms. The van der Waals surface area contributed by atoms with E-state index in [1.165, 1.54) is 16.3 Å². The molecule has 0 saturated carbocycles. The fourth-order valence-electron chi connectivity index (χ4n) is 2.79. The van der Waals surface area contributed by atoms with Gasteiger partial charge >= 0.3 is 0 Å². The summed E-state index contributed by atoms with van der Waals surface area (Å²) in [5.74, 6) is -0.536. The van der Waals surface area contributed by atoms with Gasteiger partial charge in [0.1, 0.15) is 5.70 Å². The SMILES string of the molecule is Cn1/c(=N/NC(=O)C2=CCC(=O)N(c3ccccc3)N2)sc2ccccc21. The first-order valence-corrected chi connectivity index (χ1v) is 9.18. The third-order valence-corrected chi connectivity index (χ3v) is 5.30. The highest BCUT2D eigenvalue weighted by Crippen LogP contribution is 2.17. The van der Waals surface area contributed by atoms with Crippen LogP contribution in [0.25, 0.3) is 10.2 Å². The first kappa shape index (κ1) is 17.0. The number of anilines is 1. The molecular formula is C19H17N5O2S. The average Bonchev–Trinajstić information content (AvgIpc) is 3.03. The van der Waals surface area contributed by atoms with Gasteiger partial charge in [0.25, 0.3) is 5.91 Å². The van der Waals surface area contributed by atoms with E-state index in [0.29, 0.717) is 10.5 Å². The van der Waals surface area contributed by atoms with Crippen molar-refractivity contribution in [2.24, 2.45) is 12.1 Å². The molecule has 4 rings (SSSR count). The predicted octanol–water partition coefficient (Wildman–Crippen LogP) is 2.00. The van der Waals surface area contributed by atoms with Crippen LogP contribution in [0.3, 0.4) is 0 Å². The highest BCUT2D eigenvalue weighted by Gasteiger charge is 2.23. The molecule has 2 heterocycles. The van der Waals surface area contributed by atoms with Crippen LogP contribution in [0.15, 0.2) is 71.5 Å². The fraction of sp³-hybridized carbons (Fsp3) is 0.105. The summed E-state index contributed by atoms with van der Waals surface area (Å²) in [6.45, 7) is 0. The Morgan fingerprint density at radius 3 is 2.67 bits per heavy atom. The molecular weight excluding hydrogens is 362 g/mol. The summed E-state index contributed by atoms with van der Waals surface area (Å²) in [6, 6.07) is 17.1. The van der Waals surface area contributed by atoms with Crippen LogP contribution in [-0.2, 0) is 16.6 Å². The number of hydrogen-bond donors (Lipinski definition) is 2. The van der Waals surface area contributed by atoms with Crippen LogP contribution in [0.1, 0.15) is 6.42 Å². The van der Waals surface area contributed by atoms with E-state index in [0.717, 1.165) is 10.2 Å². The number of aryl methyl sites for hydroxylation is 1. The van der Waals surface area contributed by atoms with Gasteiger partial charge in [0.15, 0.2) is 0 Å². The van der Waals surface area contributed by atoms with Gasteiger partial charge in [-0.1, -0.05) is 41.7 Å². The topological polar surface area (TPSA) is 78.7 Å². The van der Waals surface area contributed by atoms with Crippen molar-refractivity contribution in [3.63, 3.8) is 0 Å². The van der Waals surface area contributed by atoms with Crippen molar-refractivity contribution in [3.05, 3.63) is 71.2 Å². The third kappa shape index (κ3) is 3.34. The summed E-state index contributed by atoms with van der Waals surface area (Å²) >= 11 is 1.49. The lowest BCUT2D eigenvalue weighted by atomic mass is 10.2. The predicted molar refractivity (Wildman–Crippen MR) is 104 cm³/mol. The summed E-state index contributed by atoms with van der Waals surface area (Å²) < 4.78 is 3.01. The number of nitrogens with zero attached hydrogens (tertiary/aromatic N) is 3. The number of carbonyl (C=O) groups is 2. The van der Waals surface area contributed by atoms with E-state index >= 15 is 0 Å². The molecule has 2 aromatic carbocycles. The number of nitrogens with one attached hydrogen (secondary N) is 2. The van der Waals surface area contributed by atoms with Crippen molar-refractivity contribution in [1.29, 1.82) is 0 Å². The van der Waals surface area contributed by atoms with E-state index in [1.807, 2.05) is 54.1 Å². The van der Waals surface area contributed by atoms with Crippen LogP contribution in [0, 0.1) is 0 Å². The van der Waals surface area contributed by atoms with Crippen molar-refractivity contribution in [3.8, 4) is 0 Å². The quantitative estimate of drug-likeness (QED) is 0.683. The number of amides is 2. The summed E-state index contributed by atoms with van der Waals surface area (Å²) in [6.07, 6.45) is 1.71. The summed E-state index contributed by atoms with van der Waals surface area (Å²) in [5.41, 5.74) is 7.44. The van der Waals surface area contributed by atoms with Crippen molar-refractivity contribution in [2.75, 3.05) is 5.01 Å². The molecule has 7 nitrogen and oxygen atoms in total. The van der Waals surface area contributed by atoms with Gasteiger partial charge in [-0.25, -0.2) is 10.4 Å². The second-order valence-electron chi connectivity index (χ2n) is 5.96. The van der Waals surface area contributed by atoms with E-state index in [9.17, 15) is 9.59 Å². The zero-order valence-corrected chi connectivity index (χ0v) is 15.4. The normalized spacial score (nSPS) is 14.9. The molecule has 1 aliphatic rings. The number of carbonyl (C=O) groups excluding carboxylic acids is 2. The van der Waals surface area contributed by atoms with E-state index in [1.54, 1.807) is 18.2 Å². The number of hydrazine groups is 1. The van der Waals surface area contributed by atoms with E-state index in [2.05, 4.69) is 16.0 Å². The Bertz CT molecular complexity index is 1110. The van der Waals surface area contributed by atoms with Crippen molar-refractivity contribution < 1.29 is 9.59 Å². The van der Waals surface area contributed by atoms with Crippen LogP contribution in [0.5, 0.6) is 0 Å². The fourth-order valence-corrected chi connectivity index (χ4v) is 3.76. The summed E-state index contributed by atoms with van der Waals surface area (Å²) in [5, 5.41) is 5.60. The number of benzene rings is 2. The Hall–Kier alpha value is -3.39. The molecule has 0 fully saturated rings. The smallest absolute Gasteiger partial charge is 0.289 e. The lowest BCUT2D eigenvalue weighted by Gasteiger charge is -2.28. The zero-order chi connectivity index (χ0) is 18.8. The number of fused-ring (bicyclic) bond motifs is 1. The van der Waals surface area contributed by atoms with Crippen molar-refractivity contribution in [2.45, 2.75) is 6.42 Å². The standard InChI is InChI=1S/C19H17N5O2S/c1-23-15-9-5-6-10-16(15)27-19(23)21-20-18(26)14-11-12-17(25)24(22-14)13-7-3-2-4-8-13/h2-11,22H,12H2,1H3,(H,20,26)/b21-19-. The molecule has 1 aliphatic heterocycles.